The third kappa shape index (κ3) is 6.93. The predicted molar refractivity (Wildman–Crippen MR) is 204 cm³/mol. The van der Waals surface area contributed by atoms with Crippen LogP contribution in [0.3, 0.4) is 0 Å². The zero-order valence-electron chi connectivity index (χ0n) is 28.5. The molecule has 1 atom stereocenters. The molecule has 3 heterocycles. The first-order valence-electron chi connectivity index (χ1n) is 17.0. The summed E-state index contributed by atoms with van der Waals surface area (Å²) in [6.45, 7) is 4.12. The number of carbonyl (C=O) groups excluding carboxylic acids is 4. The minimum absolute atomic E-state index is 0.00206. The van der Waals surface area contributed by atoms with E-state index in [1.807, 2.05) is 38.1 Å². The Hall–Kier alpha value is -6.14. The molecule has 12 nitrogen and oxygen atoms in total. The molecule has 1 aliphatic rings. The average molecular weight is 718 g/mol. The molecule has 0 saturated carbocycles. The number of phenols is 1. The fourth-order valence-corrected chi connectivity index (χ4v) is 6.91. The summed E-state index contributed by atoms with van der Waals surface area (Å²) in [7, 11) is 0. The number of carbonyl (C=O) groups is 4. The number of nitrogens with zero attached hydrogens (tertiary/aromatic N) is 2. The number of hydrogen-bond acceptors (Lipinski definition) is 6. The molecule has 52 heavy (non-hydrogen) atoms. The van der Waals surface area contributed by atoms with E-state index < -0.39 is 5.38 Å². The number of benzene rings is 4. The van der Waals surface area contributed by atoms with Gasteiger partial charge in [0, 0.05) is 75.3 Å². The van der Waals surface area contributed by atoms with Gasteiger partial charge in [0.05, 0.1) is 11.1 Å². The Morgan fingerprint density at radius 2 is 1.46 bits per heavy atom. The fourth-order valence-electron chi connectivity index (χ4n) is 6.54. The van der Waals surface area contributed by atoms with Gasteiger partial charge in [-0.3, -0.25) is 19.2 Å². The van der Waals surface area contributed by atoms with Crippen LogP contribution in [0.4, 0.5) is 17.1 Å². The molecule has 2 aromatic heterocycles. The van der Waals surface area contributed by atoms with Crippen LogP contribution in [0.2, 0.25) is 0 Å². The van der Waals surface area contributed by atoms with Crippen molar-refractivity contribution < 1.29 is 24.3 Å². The molecule has 13 heteroatoms. The summed E-state index contributed by atoms with van der Waals surface area (Å²) in [6.07, 6.45) is 1.72. The Labute approximate surface area is 303 Å². The van der Waals surface area contributed by atoms with E-state index in [1.165, 1.54) is 0 Å². The molecule has 6 N–H and O–H groups in total. The lowest BCUT2D eigenvalue weighted by atomic mass is 10.0. The second-order valence-electron chi connectivity index (χ2n) is 12.9. The number of aromatic nitrogens is 2. The first kappa shape index (κ1) is 34.3. The van der Waals surface area contributed by atoms with Gasteiger partial charge in [-0.1, -0.05) is 37.6 Å². The maximum Gasteiger partial charge on any atom is 0.274 e. The highest BCUT2D eigenvalue weighted by Gasteiger charge is 2.34. The minimum Gasteiger partial charge on any atom is -0.507 e. The number of hydrogen-bond donors (Lipinski definition) is 6. The van der Waals surface area contributed by atoms with Crippen molar-refractivity contribution in [3.63, 3.8) is 0 Å². The molecule has 0 spiro atoms. The number of aromatic hydroxyl groups is 1. The first-order valence-corrected chi connectivity index (χ1v) is 17.4. The second kappa shape index (κ2) is 14.2. The SMILES string of the molecule is CCC/C(C)=N/NC(=O)CCC(=O)Nc1ccc2[nH]c(C(=O)Nc3ccc4[nH]c(C(=O)N5CC(Cl)c6c5cc(O)c5ccccc65)cc4c3)cc2c1. The molecule has 4 amide bonds. The standard InChI is InChI=1S/C39H36ClN7O5/c1-3-6-21(2)45-46-36(50)14-13-35(49)41-24-9-11-29-22(15-24)17-31(43-29)38(51)42-25-10-12-30-23(16-25)18-32(44-30)39(52)47-20-28(40)37-27-8-5-4-7-26(27)34(48)19-33(37)47/h4-5,7-12,15-19,28,43-44,48H,3,6,13-14,20H2,1-2H3,(H,41,49)(H,42,51)(H,46,50)/b45-21+. The van der Waals surface area contributed by atoms with Crippen LogP contribution in [0.15, 0.2) is 84.0 Å². The van der Waals surface area contributed by atoms with Crippen LogP contribution in [-0.4, -0.2) is 51.0 Å². The van der Waals surface area contributed by atoms with Crippen LogP contribution in [-0.2, 0) is 9.59 Å². The van der Waals surface area contributed by atoms with E-state index in [2.05, 4.69) is 31.1 Å². The van der Waals surface area contributed by atoms with Crippen molar-refractivity contribution in [3.05, 3.63) is 95.8 Å². The van der Waals surface area contributed by atoms with Crippen LogP contribution in [0.5, 0.6) is 5.75 Å². The molecule has 0 bridgehead atoms. The van der Waals surface area contributed by atoms with Crippen molar-refractivity contribution in [2.24, 2.45) is 5.10 Å². The van der Waals surface area contributed by atoms with E-state index in [1.54, 1.807) is 59.5 Å². The summed E-state index contributed by atoms with van der Waals surface area (Å²) < 4.78 is 0. The third-order valence-electron chi connectivity index (χ3n) is 9.06. The zero-order chi connectivity index (χ0) is 36.5. The topological polar surface area (TPSA) is 172 Å². The molecule has 264 valence electrons. The van der Waals surface area contributed by atoms with Gasteiger partial charge < -0.3 is 30.6 Å². The molecule has 7 rings (SSSR count). The number of aromatic amines is 2. The maximum atomic E-state index is 13.7. The highest BCUT2D eigenvalue weighted by atomic mass is 35.5. The fraction of sp³-hybridized carbons (Fsp3) is 0.205. The number of phenolic OH excluding ortho intramolecular Hbond substituents is 1. The van der Waals surface area contributed by atoms with Gasteiger partial charge in [-0.2, -0.15) is 5.10 Å². The maximum absolute atomic E-state index is 13.7. The summed E-state index contributed by atoms with van der Waals surface area (Å²) in [5.41, 5.74) is 7.82. The largest absolute Gasteiger partial charge is 0.507 e. The van der Waals surface area contributed by atoms with Crippen molar-refractivity contribution in [2.75, 3.05) is 22.1 Å². The van der Waals surface area contributed by atoms with Crippen molar-refractivity contribution in [3.8, 4) is 5.75 Å². The predicted octanol–water partition coefficient (Wildman–Crippen LogP) is 7.71. The van der Waals surface area contributed by atoms with Crippen molar-refractivity contribution in [1.82, 2.24) is 15.4 Å². The Bertz CT molecular complexity index is 2430. The van der Waals surface area contributed by atoms with Gasteiger partial charge in [0.15, 0.2) is 0 Å². The van der Waals surface area contributed by atoms with E-state index in [4.69, 9.17) is 11.6 Å². The van der Waals surface area contributed by atoms with Crippen molar-refractivity contribution in [1.29, 1.82) is 0 Å². The lowest BCUT2D eigenvalue weighted by Crippen LogP contribution is -2.29. The Morgan fingerprint density at radius 1 is 0.827 bits per heavy atom. The van der Waals surface area contributed by atoms with Gasteiger partial charge in [0.1, 0.15) is 17.1 Å². The molecule has 0 saturated heterocycles. The van der Waals surface area contributed by atoms with Crippen LogP contribution >= 0.6 is 11.6 Å². The number of alkyl halides is 1. The number of amides is 4. The normalized spacial score (nSPS) is 14.2. The number of H-pyrrole nitrogens is 2. The summed E-state index contributed by atoms with van der Waals surface area (Å²) in [4.78, 5) is 59.4. The quantitative estimate of drug-likeness (QED) is 0.0483. The van der Waals surface area contributed by atoms with Crippen molar-refractivity contribution in [2.45, 2.75) is 44.9 Å². The Morgan fingerprint density at radius 3 is 2.17 bits per heavy atom. The molecule has 0 radical (unpaired) electrons. The van der Waals surface area contributed by atoms with Crippen LogP contribution < -0.4 is 21.0 Å². The van der Waals surface area contributed by atoms with Crippen LogP contribution in [0, 0.1) is 0 Å². The summed E-state index contributed by atoms with van der Waals surface area (Å²) in [5.74, 6) is -1.23. The number of halogens is 1. The third-order valence-corrected chi connectivity index (χ3v) is 9.41. The molecular formula is C39H36ClN7O5. The lowest BCUT2D eigenvalue weighted by Gasteiger charge is -2.17. The van der Waals surface area contributed by atoms with Crippen molar-refractivity contribution >= 4 is 90.6 Å². The second-order valence-corrected chi connectivity index (χ2v) is 13.4. The molecule has 0 aliphatic carbocycles. The Balaban J connectivity index is 1.00. The van der Waals surface area contributed by atoms with E-state index >= 15 is 0 Å². The summed E-state index contributed by atoms with van der Waals surface area (Å²) in [6, 6.07) is 23.0. The Kier molecular flexibility index (Phi) is 9.39. The summed E-state index contributed by atoms with van der Waals surface area (Å²) in [5, 5.41) is 22.9. The lowest BCUT2D eigenvalue weighted by molar-refractivity contribution is -0.124. The average Bonchev–Trinajstić information content (AvgIpc) is 3.84. The van der Waals surface area contributed by atoms with E-state index in [9.17, 15) is 24.3 Å². The van der Waals surface area contributed by atoms with E-state index in [-0.39, 0.29) is 48.8 Å². The van der Waals surface area contributed by atoms with Crippen LogP contribution in [0.25, 0.3) is 32.6 Å². The first-order chi connectivity index (χ1) is 25.1. The smallest absolute Gasteiger partial charge is 0.274 e. The van der Waals surface area contributed by atoms with Gasteiger partial charge in [0.25, 0.3) is 11.8 Å². The zero-order valence-corrected chi connectivity index (χ0v) is 29.2. The highest BCUT2D eigenvalue weighted by molar-refractivity contribution is 6.25. The highest BCUT2D eigenvalue weighted by Crippen LogP contribution is 2.46. The number of rotatable bonds is 10. The van der Waals surface area contributed by atoms with E-state index in [0.717, 1.165) is 40.3 Å². The van der Waals surface area contributed by atoms with Gasteiger partial charge in [-0.05, 0) is 67.3 Å². The number of fused-ring (bicyclic) bond motifs is 5. The number of anilines is 3. The van der Waals surface area contributed by atoms with Gasteiger partial charge >= 0.3 is 0 Å². The molecule has 1 unspecified atom stereocenters. The van der Waals surface area contributed by atoms with Crippen LogP contribution in [0.1, 0.15) is 71.4 Å². The molecular weight excluding hydrogens is 682 g/mol. The number of hydrazone groups is 1. The summed E-state index contributed by atoms with van der Waals surface area (Å²) >= 11 is 6.74. The van der Waals surface area contributed by atoms with Gasteiger partial charge in [-0.25, -0.2) is 5.43 Å². The molecule has 0 fully saturated rings. The molecule has 6 aromatic rings. The minimum atomic E-state index is -0.435. The monoisotopic (exact) mass is 717 g/mol. The van der Waals surface area contributed by atoms with Gasteiger partial charge in [0.2, 0.25) is 11.8 Å². The van der Waals surface area contributed by atoms with E-state index in [0.29, 0.717) is 44.9 Å². The molecule has 1 aliphatic heterocycles. The van der Waals surface area contributed by atoms with Gasteiger partial charge in [-0.15, -0.1) is 11.6 Å². The molecule has 4 aromatic carbocycles. The number of nitrogens with one attached hydrogen (secondary N) is 5.